The molecule has 6 nitrogen and oxygen atoms in total. The molecule has 0 saturated carbocycles. The van der Waals surface area contributed by atoms with E-state index in [4.69, 9.17) is 0 Å². The van der Waals surface area contributed by atoms with Crippen molar-refractivity contribution >= 4 is 5.95 Å². The Hall–Kier alpha value is -2.43. The second-order valence-corrected chi connectivity index (χ2v) is 5.54. The zero-order valence-corrected chi connectivity index (χ0v) is 15.2. The lowest BCUT2D eigenvalue weighted by Crippen LogP contribution is -2.47. The Kier molecular flexibility index (Phi) is 7.70. The molecule has 0 fully saturated rings. The van der Waals surface area contributed by atoms with Gasteiger partial charge in [0, 0.05) is 13.1 Å². The van der Waals surface area contributed by atoms with Crippen LogP contribution in [0.2, 0.25) is 0 Å². The molecule has 18 heteroatoms. The first-order valence-electron chi connectivity index (χ1n) is 7.91. The molecule has 180 valence electrons. The maximum absolute atomic E-state index is 12.7. The molecule has 0 aromatic carbocycles. The van der Waals surface area contributed by atoms with Crippen LogP contribution in [-0.4, -0.2) is 65.0 Å². The van der Waals surface area contributed by atoms with Gasteiger partial charge in [0.25, 0.3) is 12.2 Å². The zero-order valence-electron chi connectivity index (χ0n) is 15.2. The molecule has 0 radical (unpaired) electrons. The predicted molar refractivity (Wildman–Crippen MR) is 76.4 cm³/mol. The summed E-state index contributed by atoms with van der Waals surface area (Å²) in [4.78, 5) is 9.82. The summed E-state index contributed by atoms with van der Waals surface area (Å²) in [5, 5.41) is 0. The van der Waals surface area contributed by atoms with Crippen molar-refractivity contribution in [2.45, 2.75) is 50.8 Å². The van der Waals surface area contributed by atoms with Gasteiger partial charge in [0.05, 0.1) is 0 Å². The van der Waals surface area contributed by atoms with E-state index in [1.165, 1.54) is 13.8 Å². The van der Waals surface area contributed by atoms with Crippen LogP contribution in [0.3, 0.4) is 0 Å². The molecule has 0 amide bonds. The summed E-state index contributed by atoms with van der Waals surface area (Å²) in [5.41, 5.74) is 0. The van der Waals surface area contributed by atoms with Crippen LogP contribution >= 0.6 is 0 Å². The number of anilines is 1. The van der Waals surface area contributed by atoms with Gasteiger partial charge in [0.15, 0.2) is 0 Å². The monoisotopic (exact) mass is 484 g/mol. The van der Waals surface area contributed by atoms with Crippen LogP contribution in [-0.2, 0) is 0 Å². The fourth-order valence-corrected chi connectivity index (χ4v) is 1.93. The third-order valence-corrected chi connectivity index (χ3v) is 3.26. The Morgan fingerprint density at radius 3 is 1.13 bits per heavy atom. The molecule has 0 spiro atoms. The second kappa shape index (κ2) is 8.97. The van der Waals surface area contributed by atoms with Crippen LogP contribution in [0.4, 0.5) is 58.6 Å². The Morgan fingerprint density at radius 1 is 0.613 bits per heavy atom. The molecule has 1 aromatic rings. The highest BCUT2D eigenvalue weighted by Gasteiger charge is 2.61. The van der Waals surface area contributed by atoms with Crippen molar-refractivity contribution in [3.8, 4) is 12.0 Å². The smallest absolute Gasteiger partial charge is 0.434 e. The van der Waals surface area contributed by atoms with E-state index in [9.17, 15) is 52.7 Å². The molecule has 1 rings (SSSR count). The van der Waals surface area contributed by atoms with Crippen molar-refractivity contribution in [2.24, 2.45) is 0 Å². The van der Waals surface area contributed by atoms with Crippen molar-refractivity contribution in [3.63, 3.8) is 0 Å². The van der Waals surface area contributed by atoms with Crippen LogP contribution in [0, 0.1) is 0 Å². The lowest BCUT2D eigenvalue weighted by molar-refractivity contribution is -0.302. The van der Waals surface area contributed by atoms with Gasteiger partial charge < -0.3 is 14.4 Å². The first-order chi connectivity index (χ1) is 13.8. The normalized spacial score (nSPS) is 13.7. The Bertz CT molecular complexity index is 647. The van der Waals surface area contributed by atoms with E-state index in [1.54, 1.807) is 0 Å². The summed E-state index contributed by atoms with van der Waals surface area (Å²) in [7, 11) is 0. The van der Waals surface area contributed by atoms with Gasteiger partial charge in [-0.1, -0.05) is 0 Å². The van der Waals surface area contributed by atoms with Gasteiger partial charge in [-0.25, -0.2) is 0 Å². The van der Waals surface area contributed by atoms with Crippen LogP contribution in [0.1, 0.15) is 13.8 Å². The average Bonchev–Trinajstić information content (AvgIpc) is 2.54. The fraction of sp³-hybridized carbons (Fsp3) is 0.769. The molecule has 0 aliphatic heterocycles. The molecule has 0 aliphatic rings. The minimum atomic E-state index is -6.07. The van der Waals surface area contributed by atoms with E-state index >= 15 is 0 Å². The third-order valence-electron chi connectivity index (χ3n) is 3.26. The lowest BCUT2D eigenvalue weighted by Gasteiger charge is -2.25. The maximum atomic E-state index is 12.7. The van der Waals surface area contributed by atoms with Gasteiger partial charge in [-0.3, -0.25) is 0 Å². The summed E-state index contributed by atoms with van der Waals surface area (Å²) < 4.78 is 159. The quantitative estimate of drug-likeness (QED) is 0.533. The van der Waals surface area contributed by atoms with Crippen molar-refractivity contribution < 1.29 is 62.2 Å². The zero-order chi connectivity index (χ0) is 24.4. The average molecular weight is 484 g/mol. The van der Waals surface area contributed by atoms with Gasteiger partial charge in [-0.15, -0.1) is 4.98 Å². The van der Waals surface area contributed by atoms with Crippen LogP contribution in [0.15, 0.2) is 0 Å². The number of hydrogen-bond acceptors (Lipinski definition) is 6. The number of ether oxygens (including phenoxy) is 2. The number of halogens is 12. The van der Waals surface area contributed by atoms with Gasteiger partial charge >= 0.3 is 36.7 Å². The highest BCUT2D eigenvalue weighted by atomic mass is 19.4. The van der Waals surface area contributed by atoms with Crippen LogP contribution in [0.25, 0.3) is 0 Å². The minimum absolute atomic E-state index is 0.0939. The maximum Gasteiger partial charge on any atom is 0.434 e. The number of aromatic nitrogens is 3. The molecule has 0 atom stereocenters. The van der Waals surface area contributed by atoms with Crippen LogP contribution < -0.4 is 14.4 Å². The van der Waals surface area contributed by atoms with E-state index in [1.807, 2.05) is 0 Å². The minimum Gasteiger partial charge on any atom is -0.440 e. The van der Waals surface area contributed by atoms with Crippen molar-refractivity contribution in [1.29, 1.82) is 0 Å². The lowest BCUT2D eigenvalue weighted by atomic mass is 10.3. The Balaban J connectivity index is 3.52. The molecular formula is C13H12F12N4O2. The van der Waals surface area contributed by atoms with E-state index in [0.717, 1.165) is 4.90 Å². The topological polar surface area (TPSA) is 60.4 Å². The van der Waals surface area contributed by atoms with Crippen molar-refractivity contribution in [3.05, 3.63) is 0 Å². The molecule has 0 unspecified atom stereocenters. The van der Waals surface area contributed by atoms with Gasteiger partial charge in [-0.2, -0.15) is 62.7 Å². The first kappa shape index (κ1) is 26.6. The number of alkyl halides is 12. The summed E-state index contributed by atoms with van der Waals surface area (Å²) in [6.07, 6.45) is -33.3. The van der Waals surface area contributed by atoms with E-state index < -0.39 is 54.9 Å². The standard InChI is InChI=1S/C13H12F12N4O2/c1-3-29(4-2)7-26-8(30-5(10(14,15)16)11(17,18)19)28-9(27-7)31-6(12(20,21)22)13(23,24)25/h5-6H,3-4H2,1-2H3. The molecule has 1 heterocycles. The fourth-order valence-electron chi connectivity index (χ4n) is 1.93. The SMILES string of the molecule is CCN(CC)c1nc(OC(C(F)(F)F)C(F)(F)F)nc(OC(C(F)(F)F)C(F)(F)F)n1. The van der Waals surface area contributed by atoms with E-state index in [2.05, 4.69) is 24.4 Å². The van der Waals surface area contributed by atoms with E-state index in [-0.39, 0.29) is 13.1 Å². The number of hydrogen-bond donors (Lipinski definition) is 0. The van der Waals surface area contributed by atoms with Crippen molar-refractivity contribution in [1.82, 2.24) is 15.0 Å². The molecule has 0 bridgehead atoms. The Labute approximate surface area is 165 Å². The molecule has 31 heavy (non-hydrogen) atoms. The molecule has 0 aliphatic carbocycles. The largest absolute Gasteiger partial charge is 0.440 e. The second-order valence-electron chi connectivity index (χ2n) is 5.54. The van der Waals surface area contributed by atoms with Gasteiger partial charge in [0.1, 0.15) is 0 Å². The summed E-state index contributed by atoms with van der Waals surface area (Å²) >= 11 is 0. The predicted octanol–water partition coefficient (Wildman–Crippen LogP) is 4.46. The highest BCUT2D eigenvalue weighted by Crippen LogP contribution is 2.38. The molecule has 0 N–H and O–H groups in total. The third kappa shape index (κ3) is 7.34. The van der Waals surface area contributed by atoms with Gasteiger partial charge in [-0.05, 0) is 13.8 Å². The summed E-state index contributed by atoms with van der Waals surface area (Å²) in [6.45, 7) is 2.56. The molecular weight excluding hydrogens is 472 g/mol. The highest BCUT2D eigenvalue weighted by molar-refractivity contribution is 5.31. The number of nitrogens with zero attached hydrogens (tertiary/aromatic N) is 4. The summed E-state index contributed by atoms with van der Waals surface area (Å²) in [5.74, 6) is -0.879. The molecule has 1 aromatic heterocycles. The van der Waals surface area contributed by atoms with Crippen molar-refractivity contribution in [2.75, 3.05) is 18.0 Å². The van der Waals surface area contributed by atoms with E-state index in [0.29, 0.717) is 0 Å². The number of rotatable bonds is 7. The summed E-state index contributed by atoms with van der Waals surface area (Å²) in [6, 6.07) is -3.70. The first-order valence-corrected chi connectivity index (χ1v) is 7.91. The van der Waals surface area contributed by atoms with Gasteiger partial charge in [0.2, 0.25) is 5.95 Å². The Morgan fingerprint density at radius 2 is 0.903 bits per heavy atom. The molecule has 0 saturated heterocycles. The van der Waals surface area contributed by atoms with Crippen LogP contribution in [0.5, 0.6) is 12.0 Å².